The molecule has 0 radical (unpaired) electrons. The minimum Gasteiger partial charge on any atom is -0.465 e. The molecule has 1 unspecified atom stereocenters. The maximum Gasteiger partial charge on any atom is 0.407 e. The molecule has 0 aromatic carbocycles. The number of hydrogen-bond acceptors (Lipinski definition) is 4. The van der Waals surface area contributed by atoms with Gasteiger partial charge in [-0.05, 0) is 49.9 Å². The monoisotopic (exact) mass is 329 g/mol. The summed E-state index contributed by atoms with van der Waals surface area (Å²) in [5, 5.41) is 9.98. The predicted octanol–water partition coefficient (Wildman–Crippen LogP) is 3.11. The zero-order valence-electron chi connectivity index (χ0n) is 13.7. The van der Waals surface area contributed by atoms with Crippen molar-refractivity contribution in [2.45, 2.75) is 38.2 Å². The first-order valence-corrected chi connectivity index (χ1v) is 8.52. The molecular formula is C18H23N3O3. The van der Waals surface area contributed by atoms with Gasteiger partial charge in [-0.3, -0.25) is 0 Å². The van der Waals surface area contributed by atoms with Crippen LogP contribution in [0.3, 0.4) is 0 Å². The van der Waals surface area contributed by atoms with Gasteiger partial charge in [0.25, 0.3) is 0 Å². The average Bonchev–Trinajstić information content (AvgIpc) is 3.07. The maximum absolute atomic E-state index is 10.8. The standard InChI is InChI=1S/C18H23N3O3/c22-18(23)21-11-9-16(13-21)24-12-3-1-2-6-15-8-7-14-5-4-10-19-17(14)20-15/h4-5,7-8,10,16H,1-3,6,9,11-13H2,(H,22,23). The van der Waals surface area contributed by atoms with E-state index < -0.39 is 6.09 Å². The molecule has 1 N–H and O–H groups in total. The normalized spacial score (nSPS) is 17.5. The summed E-state index contributed by atoms with van der Waals surface area (Å²) in [6.45, 7) is 1.79. The second-order valence-corrected chi connectivity index (χ2v) is 6.17. The Morgan fingerprint density at radius 2 is 2.21 bits per heavy atom. The lowest BCUT2D eigenvalue weighted by Crippen LogP contribution is -2.28. The van der Waals surface area contributed by atoms with Gasteiger partial charge in [0.05, 0.1) is 12.6 Å². The largest absolute Gasteiger partial charge is 0.465 e. The Balaban J connectivity index is 1.31. The molecular weight excluding hydrogens is 306 g/mol. The Kier molecular flexibility index (Phi) is 5.59. The Morgan fingerprint density at radius 3 is 3.04 bits per heavy atom. The molecule has 3 heterocycles. The molecule has 24 heavy (non-hydrogen) atoms. The zero-order chi connectivity index (χ0) is 16.8. The fourth-order valence-electron chi connectivity index (χ4n) is 3.00. The van der Waals surface area contributed by atoms with Crippen LogP contribution in [-0.4, -0.2) is 51.9 Å². The van der Waals surface area contributed by atoms with Crippen molar-refractivity contribution in [2.24, 2.45) is 0 Å². The lowest BCUT2D eigenvalue weighted by Gasteiger charge is -2.13. The van der Waals surface area contributed by atoms with Crippen LogP contribution in [0.4, 0.5) is 4.79 Å². The van der Waals surface area contributed by atoms with Crippen molar-refractivity contribution in [3.05, 3.63) is 36.2 Å². The van der Waals surface area contributed by atoms with E-state index in [2.05, 4.69) is 22.1 Å². The third-order valence-corrected chi connectivity index (χ3v) is 4.37. The number of pyridine rings is 2. The van der Waals surface area contributed by atoms with Gasteiger partial charge in [-0.1, -0.05) is 6.42 Å². The highest BCUT2D eigenvalue weighted by Gasteiger charge is 2.25. The lowest BCUT2D eigenvalue weighted by atomic mass is 10.1. The number of amides is 1. The number of rotatable bonds is 7. The van der Waals surface area contributed by atoms with Gasteiger partial charge in [-0.15, -0.1) is 0 Å². The third kappa shape index (κ3) is 4.41. The average molecular weight is 329 g/mol. The lowest BCUT2D eigenvalue weighted by molar-refractivity contribution is 0.0560. The van der Waals surface area contributed by atoms with Crippen molar-refractivity contribution in [3.8, 4) is 0 Å². The first-order valence-electron chi connectivity index (χ1n) is 8.52. The first kappa shape index (κ1) is 16.6. The van der Waals surface area contributed by atoms with E-state index >= 15 is 0 Å². The molecule has 1 atom stereocenters. The second kappa shape index (κ2) is 8.06. The van der Waals surface area contributed by atoms with E-state index in [-0.39, 0.29) is 6.10 Å². The fraction of sp³-hybridized carbons (Fsp3) is 0.500. The Bertz CT molecular complexity index is 692. The van der Waals surface area contributed by atoms with Gasteiger partial charge >= 0.3 is 6.09 Å². The minimum absolute atomic E-state index is 0.0642. The molecule has 0 spiro atoms. The van der Waals surface area contributed by atoms with Gasteiger partial charge in [-0.25, -0.2) is 14.8 Å². The molecule has 0 aliphatic carbocycles. The van der Waals surface area contributed by atoms with Gasteiger partial charge in [0, 0.05) is 30.4 Å². The van der Waals surface area contributed by atoms with Crippen LogP contribution in [0.5, 0.6) is 0 Å². The molecule has 0 bridgehead atoms. The first-order chi connectivity index (χ1) is 11.7. The summed E-state index contributed by atoms with van der Waals surface area (Å²) in [5.74, 6) is 0. The Morgan fingerprint density at radius 1 is 1.29 bits per heavy atom. The highest BCUT2D eigenvalue weighted by molar-refractivity contribution is 5.74. The van der Waals surface area contributed by atoms with E-state index in [1.807, 2.05) is 12.1 Å². The van der Waals surface area contributed by atoms with Gasteiger partial charge < -0.3 is 14.7 Å². The molecule has 0 saturated carbocycles. The number of nitrogens with zero attached hydrogens (tertiary/aromatic N) is 3. The molecule has 1 aliphatic heterocycles. The molecule has 3 rings (SSSR count). The van der Waals surface area contributed by atoms with Crippen LogP contribution in [0.15, 0.2) is 30.5 Å². The predicted molar refractivity (Wildman–Crippen MR) is 91.0 cm³/mol. The number of aromatic nitrogens is 2. The van der Waals surface area contributed by atoms with Crippen LogP contribution in [0.1, 0.15) is 31.4 Å². The van der Waals surface area contributed by atoms with Crippen molar-refractivity contribution in [3.63, 3.8) is 0 Å². The number of ether oxygens (including phenoxy) is 1. The van der Waals surface area contributed by atoms with Crippen molar-refractivity contribution in [2.75, 3.05) is 19.7 Å². The number of carbonyl (C=O) groups is 1. The Labute approximate surface area is 141 Å². The topological polar surface area (TPSA) is 75.5 Å². The van der Waals surface area contributed by atoms with Crippen LogP contribution in [0.2, 0.25) is 0 Å². The summed E-state index contributed by atoms with van der Waals surface area (Å²) in [7, 11) is 0. The van der Waals surface area contributed by atoms with Crippen LogP contribution < -0.4 is 0 Å². The smallest absolute Gasteiger partial charge is 0.407 e. The molecule has 2 aromatic heterocycles. The highest BCUT2D eigenvalue weighted by atomic mass is 16.5. The van der Waals surface area contributed by atoms with E-state index in [9.17, 15) is 4.79 Å². The number of hydrogen-bond donors (Lipinski definition) is 1. The summed E-state index contributed by atoms with van der Waals surface area (Å²) >= 11 is 0. The molecule has 1 saturated heterocycles. The molecule has 1 aliphatic rings. The molecule has 2 aromatic rings. The zero-order valence-corrected chi connectivity index (χ0v) is 13.7. The van der Waals surface area contributed by atoms with Crippen molar-refractivity contribution in [1.29, 1.82) is 0 Å². The molecule has 1 fully saturated rings. The fourth-order valence-corrected chi connectivity index (χ4v) is 3.00. The summed E-state index contributed by atoms with van der Waals surface area (Å²) in [4.78, 5) is 21.1. The summed E-state index contributed by atoms with van der Waals surface area (Å²) < 4.78 is 5.76. The van der Waals surface area contributed by atoms with Crippen LogP contribution in [0.25, 0.3) is 11.0 Å². The van der Waals surface area contributed by atoms with E-state index in [0.29, 0.717) is 19.7 Å². The van der Waals surface area contributed by atoms with E-state index in [0.717, 1.165) is 48.8 Å². The van der Waals surface area contributed by atoms with Gasteiger partial charge in [-0.2, -0.15) is 0 Å². The summed E-state index contributed by atoms with van der Waals surface area (Å²) in [6, 6.07) is 8.08. The third-order valence-electron chi connectivity index (χ3n) is 4.37. The summed E-state index contributed by atoms with van der Waals surface area (Å²) in [6.07, 6.45) is 5.88. The number of carboxylic acid groups (broad SMARTS) is 1. The van der Waals surface area contributed by atoms with E-state index in [1.165, 1.54) is 4.90 Å². The number of unbranched alkanes of at least 4 members (excludes halogenated alkanes) is 2. The maximum atomic E-state index is 10.8. The summed E-state index contributed by atoms with van der Waals surface area (Å²) in [5.41, 5.74) is 1.89. The van der Waals surface area contributed by atoms with Crippen LogP contribution in [0, 0.1) is 0 Å². The van der Waals surface area contributed by atoms with Gasteiger partial charge in [0.15, 0.2) is 5.65 Å². The number of aryl methyl sites for hydroxylation is 1. The quantitative estimate of drug-likeness (QED) is 0.790. The number of likely N-dealkylation sites (tertiary alicyclic amines) is 1. The van der Waals surface area contributed by atoms with Crippen molar-refractivity contribution >= 4 is 17.1 Å². The van der Waals surface area contributed by atoms with Gasteiger partial charge in [0.2, 0.25) is 0 Å². The van der Waals surface area contributed by atoms with Crippen LogP contribution in [-0.2, 0) is 11.2 Å². The molecule has 6 heteroatoms. The Hall–Kier alpha value is -2.21. The van der Waals surface area contributed by atoms with Crippen molar-refractivity contribution < 1.29 is 14.6 Å². The van der Waals surface area contributed by atoms with E-state index in [1.54, 1.807) is 6.20 Å². The van der Waals surface area contributed by atoms with Crippen molar-refractivity contribution in [1.82, 2.24) is 14.9 Å². The number of fused-ring (bicyclic) bond motifs is 1. The van der Waals surface area contributed by atoms with E-state index in [4.69, 9.17) is 9.84 Å². The highest BCUT2D eigenvalue weighted by Crippen LogP contribution is 2.14. The minimum atomic E-state index is -0.849. The molecule has 1 amide bonds. The SMILES string of the molecule is O=C(O)N1CCC(OCCCCCc2ccc3cccnc3n2)C1. The van der Waals surface area contributed by atoms with Crippen LogP contribution >= 0.6 is 0 Å². The van der Waals surface area contributed by atoms with Gasteiger partial charge in [0.1, 0.15) is 0 Å². The second-order valence-electron chi connectivity index (χ2n) is 6.17. The molecule has 128 valence electrons. The molecule has 6 nitrogen and oxygen atoms in total.